The van der Waals surface area contributed by atoms with Crippen molar-refractivity contribution in [1.82, 2.24) is 9.97 Å². The molecule has 0 bridgehead atoms. The molecule has 0 atom stereocenters. The van der Waals surface area contributed by atoms with Gasteiger partial charge < -0.3 is 11.1 Å². The van der Waals surface area contributed by atoms with Gasteiger partial charge in [-0.1, -0.05) is 25.4 Å². The molecule has 6 heteroatoms. The number of nitrogens with two attached hydrogens (primary N) is 1. The monoisotopic (exact) mass is 242 g/mol. The maximum absolute atomic E-state index is 10.6. The summed E-state index contributed by atoms with van der Waals surface area (Å²) in [7, 11) is 0. The van der Waals surface area contributed by atoms with Crippen molar-refractivity contribution in [2.75, 3.05) is 11.9 Å². The van der Waals surface area contributed by atoms with Gasteiger partial charge in [0.25, 0.3) is 0 Å². The number of nitrogens with one attached hydrogen (secondary N) is 1. The SMILES string of the molecule is CC(C)c1c(Cl)ncnc1NCCC(N)=O. The van der Waals surface area contributed by atoms with Gasteiger partial charge in [-0.3, -0.25) is 4.79 Å². The van der Waals surface area contributed by atoms with Crippen molar-refractivity contribution in [2.45, 2.75) is 26.2 Å². The molecule has 0 aromatic carbocycles. The van der Waals surface area contributed by atoms with Crippen LogP contribution >= 0.6 is 11.6 Å². The second-order valence-electron chi connectivity index (χ2n) is 3.72. The molecule has 0 unspecified atom stereocenters. The van der Waals surface area contributed by atoms with Crippen molar-refractivity contribution in [3.63, 3.8) is 0 Å². The van der Waals surface area contributed by atoms with Crippen LogP contribution in [-0.2, 0) is 4.79 Å². The highest BCUT2D eigenvalue weighted by Crippen LogP contribution is 2.27. The van der Waals surface area contributed by atoms with Crippen LogP contribution in [0.5, 0.6) is 0 Å². The number of carbonyl (C=O) groups is 1. The minimum absolute atomic E-state index is 0.213. The Kier molecular flexibility index (Phi) is 4.49. The van der Waals surface area contributed by atoms with E-state index in [1.807, 2.05) is 13.8 Å². The summed E-state index contributed by atoms with van der Waals surface area (Å²) in [4.78, 5) is 18.6. The predicted octanol–water partition coefficient (Wildman–Crippen LogP) is 1.54. The van der Waals surface area contributed by atoms with E-state index < -0.39 is 0 Å². The molecule has 88 valence electrons. The van der Waals surface area contributed by atoms with Gasteiger partial charge in [0.1, 0.15) is 17.3 Å². The smallest absolute Gasteiger partial charge is 0.219 e. The summed E-state index contributed by atoms with van der Waals surface area (Å²) >= 11 is 5.98. The summed E-state index contributed by atoms with van der Waals surface area (Å²) < 4.78 is 0. The summed E-state index contributed by atoms with van der Waals surface area (Å²) in [5.74, 6) is 0.528. The molecule has 16 heavy (non-hydrogen) atoms. The Labute approximate surface area is 99.4 Å². The van der Waals surface area contributed by atoms with Gasteiger partial charge in [0.2, 0.25) is 5.91 Å². The maximum Gasteiger partial charge on any atom is 0.219 e. The maximum atomic E-state index is 10.6. The van der Waals surface area contributed by atoms with Crippen molar-refractivity contribution in [2.24, 2.45) is 5.73 Å². The molecule has 1 heterocycles. The van der Waals surface area contributed by atoms with Gasteiger partial charge in [0, 0.05) is 18.5 Å². The average Bonchev–Trinajstić information content (AvgIpc) is 2.16. The Morgan fingerprint density at radius 2 is 2.25 bits per heavy atom. The number of primary amides is 1. The van der Waals surface area contributed by atoms with Crippen LogP contribution in [-0.4, -0.2) is 22.4 Å². The molecule has 3 N–H and O–H groups in total. The Morgan fingerprint density at radius 3 is 2.81 bits per heavy atom. The van der Waals surface area contributed by atoms with Gasteiger partial charge >= 0.3 is 0 Å². The Bertz CT molecular complexity index is 381. The Balaban J connectivity index is 2.79. The predicted molar refractivity (Wildman–Crippen MR) is 63.4 cm³/mol. The zero-order valence-corrected chi connectivity index (χ0v) is 10.1. The molecule has 5 nitrogen and oxygen atoms in total. The fourth-order valence-corrected chi connectivity index (χ4v) is 1.68. The molecule has 0 spiro atoms. The van der Waals surface area contributed by atoms with E-state index in [4.69, 9.17) is 17.3 Å². The van der Waals surface area contributed by atoms with Gasteiger partial charge in [-0.05, 0) is 5.92 Å². The standard InChI is InChI=1S/C10H15ClN4O/c1-6(2)8-9(11)14-5-15-10(8)13-4-3-7(12)16/h5-6H,3-4H2,1-2H3,(H2,12,16)(H,13,14,15). The summed E-state index contributed by atoms with van der Waals surface area (Å²) in [6, 6.07) is 0. The van der Waals surface area contributed by atoms with Crippen LogP contribution in [0.3, 0.4) is 0 Å². The molecule has 0 radical (unpaired) electrons. The van der Waals surface area contributed by atoms with E-state index in [1.54, 1.807) is 0 Å². The van der Waals surface area contributed by atoms with Crippen LogP contribution in [0.2, 0.25) is 5.15 Å². The van der Waals surface area contributed by atoms with Crippen LogP contribution in [0.25, 0.3) is 0 Å². The van der Waals surface area contributed by atoms with E-state index in [0.29, 0.717) is 17.5 Å². The van der Waals surface area contributed by atoms with E-state index in [1.165, 1.54) is 6.33 Å². The van der Waals surface area contributed by atoms with Crippen molar-refractivity contribution >= 4 is 23.3 Å². The number of anilines is 1. The zero-order valence-electron chi connectivity index (χ0n) is 9.33. The van der Waals surface area contributed by atoms with E-state index in [9.17, 15) is 4.79 Å². The lowest BCUT2D eigenvalue weighted by molar-refractivity contribution is -0.117. The fourth-order valence-electron chi connectivity index (χ4n) is 1.33. The fraction of sp³-hybridized carbons (Fsp3) is 0.500. The van der Waals surface area contributed by atoms with Gasteiger partial charge in [-0.2, -0.15) is 0 Å². The molecule has 0 saturated carbocycles. The number of nitrogens with zero attached hydrogens (tertiary/aromatic N) is 2. The van der Waals surface area contributed by atoms with Gasteiger partial charge in [0.05, 0.1) is 0 Å². The molecule has 1 aromatic heterocycles. The van der Waals surface area contributed by atoms with E-state index in [0.717, 1.165) is 5.56 Å². The highest BCUT2D eigenvalue weighted by atomic mass is 35.5. The van der Waals surface area contributed by atoms with Gasteiger partial charge in [-0.15, -0.1) is 0 Å². The number of halogens is 1. The molecule has 0 saturated heterocycles. The Morgan fingerprint density at radius 1 is 1.56 bits per heavy atom. The molecule has 0 aliphatic rings. The Hall–Kier alpha value is -1.36. The number of aromatic nitrogens is 2. The summed E-state index contributed by atoms with van der Waals surface area (Å²) in [6.07, 6.45) is 1.65. The third kappa shape index (κ3) is 3.34. The first kappa shape index (κ1) is 12.7. The minimum atomic E-state index is -0.348. The van der Waals surface area contributed by atoms with Crippen molar-refractivity contribution < 1.29 is 4.79 Å². The highest BCUT2D eigenvalue weighted by molar-refractivity contribution is 6.30. The molecule has 0 aliphatic heterocycles. The zero-order chi connectivity index (χ0) is 12.1. The largest absolute Gasteiger partial charge is 0.370 e. The second kappa shape index (κ2) is 5.65. The minimum Gasteiger partial charge on any atom is -0.370 e. The van der Waals surface area contributed by atoms with Crippen molar-refractivity contribution in [3.8, 4) is 0 Å². The summed E-state index contributed by atoms with van der Waals surface area (Å²) in [5.41, 5.74) is 5.90. The molecular formula is C10H15ClN4O. The molecule has 1 amide bonds. The van der Waals surface area contributed by atoms with Crippen LogP contribution in [0.15, 0.2) is 6.33 Å². The lowest BCUT2D eigenvalue weighted by Crippen LogP contribution is -2.17. The van der Waals surface area contributed by atoms with E-state index >= 15 is 0 Å². The number of rotatable bonds is 5. The van der Waals surface area contributed by atoms with Crippen LogP contribution in [0.4, 0.5) is 5.82 Å². The van der Waals surface area contributed by atoms with Crippen molar-refractivity contribution in [1.29, 1.82) is 0 Å². The summed E-state index contributed by atoms with van der Waals surface area (Å²) in [6.45, 7) is 4.45. The quantitative estimate of drug-likeness (QED) is 0.768. The number of carbonyl (C=O) groups excluding carboxylic acids is 1. The first-order valence-electron chi connectivity index (χ1n) is 5.05. The normalized spacial score (nSPS) is 10.5. The first-order valence-corrected chi connectivity index (χ1v) is 5.42. The van der Waals surface area contributed by atoms with Gasteiger partial charge in [-0.25, -0.2) is 9.97 Å². The number of hydrogen-bond donors (Lipinski definition) is 2. The topological polar surface area (TPSA) is 80.9 Å². The van der Waals surface area contributed by atoms with Crippen molar-refractivity contribution in [3.05, 3.63) is 17.0 Å². The lowest BCUT2D eigenvalue weighted by Gasteiger charge is -2.13. The molecule has 0 fully saturated rings. The van der Waals surface area contributed by atoms with Gasteiger partial charge in [0.15, 0.2) is 0 Å². The van der Waals surface area contributed by atoms with E-state index in [2.05, 4.69) is 15.3 Å². The molecule has 1 rings (SSSR count). The third-order valence-corrected chi connectivity index (χ3v) is 2.38. The first-order chi connectivity index (χ1) is 7.52. The third-order valence-electron chi connectivity index (χ3n) is 2.08. The second-order valence-corrected chi connectivity index (χ2v) is 4.08. The number of amides is 1. The van der Waals surface area contributed by atoms with Crippen LogP contribution in [0, 0.1) is 0 Å². The summed E-state index contributed by atoms with van der Waals surface area (Å²) in [5, 5.41) is 3.47. The van der Waals surface area contributed by atoms with Crippen LogP contribution in [0.1, 0.15) is 31.7 Å². The lowest BCUT2D eigenvalue weighted by atomic mass is 10.1. The van der Waals surface area contributed by atoms with Crippen LogP contribution < -0.4 is 11.1 Å². The molecular weight excluding hydrogens is 228 g/mol. The van der Waals surface area contributed by atoms with E-state index in [-0.39, 0.29) is 18.2 Å². The average molecular weight is 243 g/mol. The highest BCUT2D eigenvalue weighted by Gasteiger charge is 2.13. The number of hydrogen-bond acceptors (Lipinski definition) is 4. The molecule has 0 aliphatic carbocycles. The molecule has 1 aromatic rings.